The van der Waals surface area contributed by atoms with Crippen LogP contribution in [0.3, 0.4) is 0 Å². The fourth-order valence-corrected chi connectivity index (χ4v) is 5.52. The van der Waals surface area contributed by atoms with Crippen LogP contribution in [0.1, 0.15) is 53.2 Å². The maximum atomic E-state index is 13.1. The Morgan fingerprint density at radius 1 is 1.10 bits per heavy atom. The quantitative estimate of drug-likeness (QED) is 0.815. The molecule has 1 fully saturated rings. The van der Waals surface area contributed by atoms with Gasteiger partial charge in [0.05, 0.1) is 17.6 Å². The zero-order chi connectivity index (χ0) is 20.4. The molecule has 1 N–H and O–H groups in total. The van der Waals surface area contributed by atoms with Crippen LogP contribution < -0.4 is 9.46 Å². The Bertz CT molecular complexity index is 1010. The second kappa shape index (κ2) is 8.16. The summed E-state index contributed by atoms with van der Waals surface area (Å²) in [7, 11) is -2.30. The molecule has 1 atom stereocenters. The van der Waals surface area contributed by atoms with Gasteiger partial charge < -0.3 is 9.64 Å². The first kappa shape index (κ1) is 19.9. The Morgan fingerprint density at radius 3 is 2.62 bits per heavy atom. The smallest absolute Gasteiger partial charge is 0.257 e. The van der Waals surface area contributed by atoms with E-state index in [1.165, 1.54) is 24.8 Å². The highest BCUT2D eigenvalue weighted by atomic mass is 32.2. The van der Waals surface area contributed by atoms with Crippen LogP contribution in [0.25, 0.3) is 0 Å². The minimum Gasteiger partial charge on any atom is -0.496 e. The van der Waals surface area contributed by atoms with Gasteiger partial charge in [0.15, 0.2) is 0 Å². The number of carbonyl (C=O) groups is 1. The van der Waals surface area contributed by atoms with Gasteiger partial charge in [-0.1, -0.05) is 24.3 Å². The number of hydrogen-bond donors (Lipinski definition) is 1. The second-order valence-electron chi connectivity index (χ2n) is 7.63. The third kappa shape index (κ3) is 4.02. The lowest BCUT2D eigenvalue weighted by Gasteiger charge is -2.26. The molecule has 2 aromatic rings. The largest absolute Gasteiger partial charge is 0.496 e. The molecule has 0 spiro atoms. The van der Waals surface area contributed by atoms with Gasteiger partial charge in [0, 0.05) is 19.1 Å². The van der Waals surface area contributed by atoms with Crippen molar-refractivity contribution in [2.45, 2.75) is 43.0 Å². The van der Waals surface area contributed by atoms with E-state index in [2.05, 4.69) is 10.8 Å². The molecule has 4 rings (SSSR count). The number of sulfonamides is 1. The molecule has 0 unspecified atom stereocenters. The molecule has 1 amide bonds. The maximum Gasteiger partial charge on any atom is 0.257 e. The van der Waals surface area contributed by atoms with Crippen molar-refractivity contribution in [2.24, 2.45) is 0 Å². The number of amides is 1. The number of benzene rings is 2. The number of hydrogen-bond acceptors (Lipinski definition) is 4. The number of likely N-dealkylation sites (tertiary alicyclic amines) is 1. The van der Waals surface area contributed by atoms with E-state index < -0.39 is 10.0 Å². The van der Waals surface area contributed by atoms with Gasteiger partial charge in [-0.25, -0.2) is 13.1 Å². The summed E-state index contributed by atoms with van der Waals surface area (Å²) in [6.45, 7) is 1.38. The maximum absolute atomic E-state index is 13.1. The average Bonchev–Trinajstić information content (AvgIpc) is 3.28. The zero-order valence-corrected chi connectivity index (χ0v) is 17.4. The summed E-state index contributed by atoms with van der Waals surface area (Å²) < 4.78 is 34.4. The molecule has 0 saturated carbocycles. The summed E-state index contributed by atoms with van der Waals surface area (Å²) in [6, 6.07) is 12.2. The Labute approximate surface area is 171 Å². The lowest BCUT2D eigenvalue weighted by atomic mass is 9.88. The van der Waals surface area contributed by atoms with E-state index in [1.54, 1.807) is 11.0 Å². The van der Waals surface area contributed by atoms with Crippen molar-refractivity contribution in [3.8, 4) is 5.75 Å². The molecule has 6 nitrogen and oxygen atoms in total. The molecular formula is C22H26N2O4S. The first-order valence-corrected chi connectivity index (χ1v) is 11.6. The monoisotopic (exact) mass is 414 g/mol. The van der Waals surface area contributed by atoms with Crippen molar-refractivity contribution >= 4 is 15.9 Å². The Kier molecular flexibility index (Phi) is 5.61. The van der Waals surface area contributed by atoms with E-state index in [4.69, 9.17) is 4.74 Å². The summed E-state index contributed by atoms with van der Waals surface area (Å²) in [4.78, 5) is 14.7. The minimum absolute atomic E-state index is 0.0869. The number of nitrogens with zero attached hydrogens (tertiary/aromatic N) is 1. The van der Waals surface area contributed by atoms with Gasteiger partial charge >= 0.3 is 0 Å². The van der Waals surface area contributed by atoms with E-state index in [9.17, 15) is 13.2 Å². The molecule has 2 aromatic carbocycles. The van der Waals surface area contributed by atoms with Crippen molar-refractivity contribution in [1.29, 1.82) is 0 Å². The van der Waals surface area contributed by atoms with Crippen LogP contribution >= 0.6 is 0 Å². The van der Waals surface area contributed by atoms with Crippen molar-refractivity contribution in [2.75, 3.05) is 20.2 Å². The van der Waals surface area contributed by atoms with Crippen LogP contribution in [0, 0.1) is 0 Å². The van der Waals surface area contributed by atoms with Crippen LogP contribution in [-0.2, 0) is 16.4 Å². The van der Waals surface area contributed by atoms with E-state index in [1.807, 2.05) is 18.2 Å². The first-order chi connectivity index (χ1) is 14.0. The standard InChI is InChI=1S/C22H26N2O4S/c1-28-21-12-11-17(15-19(21)22(25)24-13-4-5-14-24)29(26,27)23-20-10-6-8-16-7-2-3-9-18(16)20/h2-3,7,9,11-12,15,20,23H,4-6,8,10,13-14H2,1H3/t20-/m0/s1. The van der Waals surface area contributed by atoms with Crippen molar-refractivity contribution in [3.63, 3.8) is 0 Å². The number of rotatable bonds is 5. The molecule has 154 valence electrons. The SMILES string of the molecule is COc1ccc(S(=O)(=O)N[C@H]2CCCc3ccccc32)cc1C(=O)N1CCCC1. The van der Waals surface area contributed by atoms with Gasteiger partial charge in [-0.3, -0.25) is 4.79 Å². The topological polar surface area (TPSA) is 75.7 Å². The van der Waals surface area contributed by atoms with Crippen LogP contribution in [0.2, 0.25) is 0 Å². The molecule has 0 bridgehead atoms. The van der Waals surface area contributed by atoms with Crippen LogP contribution in [-0.4, -0.2) is 39.4 Å². The van der Waals surface area contributed by atoms with Crippen molar-refractivity contribution in [3.05, 3.63) is 59.2 Å². The molecule has 0 radical (unpaired) electrons. The normalized spacial score (nSPS) is 19.1. The van der Waals surface area contributed by atoms with Gasteiger partial charge in [-0.2, -0.15) is 0 Å². The molecule has 0 aromatic heterocycles. The fourth-order valence-electron chi connectivity index (χ4n) is 4.24. The Morgan fingerprint density at radius 2 is 1.86 bits per heavy atom. The van der Waals surface area contributed by atoms with Gasteiger partial charge in [-0.15, -0.1) is 0 Å². The summed E-state index contributed by atoms with van der Waals surface area (Å²) in [5, 5.41) is 0. The lowest BCUT2D eigenvalue weighted by Crippen LogP contribution is -2.32. The zero-order valence-electron chi connectivity index (χ0n) is 16.6. The number of nitrogens with one attached hydrogen (secondary N) is 1. The highest BCUT2D eigenvalue weighted by Crippen LogP contribution is 2.32. The highest BCUT2D eigenvalue weighted by Gasteiger charge is 2.28. The average molecular weight is 415 g/mol. The highest BCUT2D eigenvalue weighted by molar-refractivity contribution is 7.89. The van der Waals surface area contributed by atoms with Crippen LogP contribution in [0.4, 0.5) is 0 Å². The number of aryl methyl sites for hydroxylation is 1. The number of ether oxygens (including phenoxy) is 1. The Balaban J connectivity index is 1.64. The second-order valence-corrected chi connectivity index (χ2v) is 9.34. The number of methoxy groups -OCH3 is 1. The number of carbonyl (C=O) groups excluding carboxylic acids is 1. The van der Waals surface area contributed by atoms with E-state index in [0.29, 0.717) is 24.4 Å². The van der Waals surface area contributed by atoms with E-state index in [0.717, 1.165) is 37.7 Å². The summed E-state index contributed by atoms with van der Waals surface area (Å²) in [5.74, 6) is 0.211. The van der Waals surface area contributed by atoms with Gasteiger partial charge in [0.2, 0.25) is 10.0 Å². The lowest BCUT2D eigenvalue weighted by molar-refractivity contribution is 0.0789. The molecular weight excluding hydrogens is 388 g/mol. The van der Waals surface area contributed by atoms with E-state index >= 15 is 0 Å². The third-order valence-corrected chi connectivity index (χ3v) is 7.24. The first-order valence-electron chi connectivity index (χ1n) is 10.1. The Hall–Kier alpha value is -2.38. The molecule has 29 heavy (non-hydrogen) atoms. The molecule has 1 aliphatic carbocycles. The predicted octanol–water partition coefficient (Wildman–Crippen LogP) is 3.29. The predicted molar refractivity (Wildman–Crippen MR) is 111 cm³/mol. The van der Waals surface area contributed by atoms with Crippen LogP contribution in [0.5, 0.6) is 5.75 Å². The van der Waals surface area contributed by atoms with Gasteiger partial charge in [0.25, 0.3) is 5.91 Å². The summed E-state index contributed by atoms with van der Waals surface area (Å²) in [5.41, 5.74) is 2.51. The third-order valence-electron chi connectivity index (χ3n) is 5.77. The van der Waals surface area contributed by atoms with Crippen molar-refractivity contribution < 1.29 is 17.9 Å². The summed E-state index contributed by atoms with van der Waals surface area (Å²) in [6.07, 6.45) is 4.59. The fraction of sp³-hybridized carbons (Fsp3) is 0.409. The van der Waals surface area contributed by atoms with Gasteiger partial charge in [-0.05, 0) is 61.4 Å². The van der Waals surface area contributed by atoms with Gasteiger partial charge in [0.1, 0.15) is 5.75 Å². The minimum atomic E-state index is -3.78. The molecule has 1 aliphatic heterocycles. The van der Waals surface area contributed by atoms with Crippen LogP contribution in [0.15, 0.2) is 47.4 Å². The molecule has 1 heterocycles. The molecule has 2 aliphatic rings. The summed E-state index contributed by atoms with van der Waals surface area (Å²) >= 11 is 0. The molecule has 1 saturated heterocycles. The number of fused-ring (bicyclic) bond motifs is 1. The van der Waals surface area contributed by atoms with Crippen molar-refractivity contribution in [1.82, 2.24) is 9.62 Å². The van der Waals surface area contributed by atoms with E-state index in [-0.39, 0.29) is 16.8 Å². The molecule has 7 heteroatoms.